The normalized spacial score (nSPS) is 16.1. The zero-order valence-corrected chi connectivity index (χ0v) is 15.0. The molecule has 4 nitrogen and oxygen atoms in total. The number of halogens is 2. The van der Waals surface area contributed by atoms with Crippen LogP contribution in [0, 0.1) is 17.2 Å². The highest BCUT2D eigenvalue weighted by Crippen LogP contribution is 2.25. The average molecular weight is 356 g/mol. The third kappa shape index (κ3) is 4.47. The van der Waals surface area contributed by atoms with E-state index in [0.717, 1.165) is 0 Å². The Morgan fingerprint density at radius 1 is 1.29 bits per heavy atom. The van der Waals surface area contributed by atoms with E-state index >= 15 is 0 Å². The van der Waals surface area contributed by atoms with Crippen molar-refractivity contribution in [2.45, 2.75) is 40.2 Å². The lowest BCUT2D eigenvalue weighted by molar-refractivity contribution is -0.154. The minimum absolute atomic E-state index is 0.0902. The first-order chi connectivity index (χ1) is 11.2. The van der Waals surface area contributed by atoms with Gasteiger partial charge in [-0.1, -0.05) is 38.4 Å². The Bertz CT molecular complexity index is 599. The lowest BCUT2D eigenvalue weighted by Crippen LogP contribution is -2.45. The summed E-state index contributed by atoms with van der Waals surface area (Å²) in [4.78, 5) is 26.2. The van der Waals surface area contributed by atoms with E-state index in [0.29, 0.717) is 25.9 Å². The quantitative estimate of drug-likeness (QED) is 0.775. The Hall–Kier alpha value is -1.62. The van der Waals surface area contributed by atoms with E-state index in [4.69, 9.17) is 16.3 Å². The number of esters is 1. The number of carbonyl (C=O) groups is 2. The van der Waals surface area contributed by atoms with Gasteiger partial charge in [0, 0.05) is 24.1 Å². The number of ether oxygens (including phenoxy) is 1. The molecule has 0 unspecified atom stereocenters. The molecule has 1 heterocycles. The molecule has 1 aliphatic heterocycles. The number of nitrogens with zero attached hydrogens (tertiary/aromatic N) is 1. The van der Waals surface area contributed by atoms with Gasteiger partial charge in [-0.3, -0.25) is 9.59 Å². The highest BCUT2D eigenvalue weighted by molar-refractivity contribution is 6.31. The van der Waals surface area contributed by atoms with Gasteiger partial charge in [-0.15, -0.1) is 0 Å². The van der Waals surface area contributed by atoms with Gasteiger partial charge in [0.1, 0.15) is 12.4 Å². The summed E-state index contributed by atoms with van der Waals surface area (Å²) in [6, 6.07) is 4.35. The molecule has 1 fully saturated rings. The Morgan fingerprint density at radius 3 is 2.46 bits per heavy atom. The van der Waals surface area contributed by atoms with Crippen molar-refractivity contribution < 1.29 is 18.7 Å². The van der Waals surface area contributed by atoms with Crippen LogP contribution >= 0.6 is 11.6 Å². The summed E-state index contributed by atoms with van der Waals surface area (Å²) in [7, 11) is 0. The van der Waals surface area contributed by atoms with Gasteiger partial charge in [-0.25, -0.2) is 4.39 Å². The van der Waals surface area contributed by atoms with Crippen LogP contribution < -0.4 is 0 Å². The first kappa shape index (κ1) is 18.7. The molecule has 1 aromatic carbocycles. The van der Waals surface area contributed by atoms with E-state index < -0.39 is 11.2 Å². The van der Waals surface area contributed by atoms with Crippen LogP contribution in [0.5, 0.6) is 0 Å². The van der Waals surface area contributed by atoms with E-state index in [1.165, 1.54) is 12.1 Å². The largest absolute Gasteiger partial charge is 0.460 e. The van der Waals surface area contributed by atoms with Crippen LogP contribution in [0.25, 0.3) is 0 Å². The van der Waals surface area contributed by atoms with Crippen molar-refractivity contribution in [2.75, 3.05) is 13.1 Å². The van der Waals surface area contributed by atoms with Crippen LogP contribution in [0.3, 0.4) is 0 Å². The predicted octanol–water partition coefficient (Wildman–Crippen LogP) is 3.81. The second-order valence-electron chi connectivity index (χ2n) is 7.12. The first-order valence-corrected chi connectivity index (χ1v) is 8.47. The molecule has 0 spiro atoms. The summed E-state index contributed by atoms with van der Waals surface area (Å²) < 4.78 is 18.9. The molecule has 1 aromatic rings. The van der Waals surface area contributed by atoms with Gasteiger partial charge in [0.15, 0.2) is 0 Å². The van der Waals surface area contributed by atoms with Gasteiger partial charge in [-0.05, 0) is 25.0 Å². The molecular formula is C18H23ClFNO3. The van der Waals surface area contributed by atoms with Gasteiger partial charge in [0.25, 0.3) is 0 Å². The zero-order chi connectivity index (χ0) is 17.9. The van der Waals surface area contributed by atoms with Crippen molar-refractivity contribution in [3.8, 4) is 0 Å². The van der Waals surface area contributed by atoms with Gasteiger partial charge < -0.3 is 9.64 Å². The van der Waals surface area contributed by atoms with Crippen LogP contribution in [0.1, 0.15) is 39.2 Å². The number of piperidine rings is 1. The lowest BCUT2D eigenvalue weighted by Gasteiger charge is -2.34. The van der Waals surface area contributed by atoms with Crippen LogP contribution in [-0.2, 0) is 20.9 Å². The Kier molecular flexibility index (Phi) is 5.86. The molecule has 2 rings (SSSR count). The lowest BCUT2D eigenvalue weighted by atomic mass is 9.91. The van der Waals surface area contributed by atoms with Crippen molar-refractivity contribution in [3.63, 3.8) is 0 Å². The van der Waals surface area contributed by atoms with Crippen LogP contribution in [0.2, 0.25) is 5.02 Å². The van der Waals surface area contributed by atoms with Crippen molar-refractivity contribution in [2.24, 2.45) is 11.3 Å². The van der Waals surface area contributed by atoms with Gasteiger partial charge in [0.2, 0.25) is 5.91 Å². The molecule has 0 N–H and O–H groups in total. The van der Waals surface area contributed by atoms with E-state index in [9.17, 15) is 14.0 Å². The topological polar surface area (TPSA) is 46.6 Å². The van der Waals surface area contributed by atoms with Gasteiger partial charge in [-0.2, -0.15) is 0 Å². The first-order valence-electron chi connectivity index (χ1n) is 8.09. The Labute approximate surface area is 146 Å². The standard InChI is InChI=1S/C18H23ClFNO3/c1-18(2,3)17(23)21-9-7-12(8-10-21)16(22)24-11-13-14(19)5-4-6-15(13)20/h4-6,12H,7-11H2,1-3H3. The maximum Gasteiger partial charge on any atom is 0.309 e. The molecule has 1 aliphatic rings. The second-order valence-corrected chi connectivity index (χ2v) is 7.53. The second kappa shape index (κ2) is 7.51. The summed E-state index contributed by atoms with van der Waals surface area (Å²) >= 11 is 5.92. The van der Waals surface area contributed by atoms with Crippen LogP contribution in [0.4, 0.5) is 4.39 Å². The maximum absolute atomic E-state index is 13.7. The fraction of sp³-hybridized carbons (Fsp3) is 0.556. The Balaban J connectivity index is 1.86. The van der Waals surface area contributed by atoms with E-state index in [1.54, 1.807) is 11.0 Å². The third-order valence-electron chi connectivity index (χ3n) is 4.18. The summed E-state index contributed by atoms with van der Waals surface area (Å²) in [6.45, 7) is 6.55. The smallest absolute Gasteiger partial charge is 0.309 e. The molecule has 0 atom stereocenters. The van der Waals surface area contributed by atoms with Crippen molar-refractivity contribution in [1.82, 2.24) is 4.90 Å². The van der Waals surface area contributed by atoms with E-state index in [2.05, 4.69) is 0 Å². The zero-order valence-electron chi connectivity index (χ0n) is 14.3. The highest BCUT2D eigenvalue weighted by Gasteiger charge is 2.33. The number of amides is 1. The number of hydrogen-bond donors (Lipinski definition) is 0. The fourth-order valence-corrected chi connectivity index (χ4v) is 2.94. The minimum Gasteiger partial charge on any atom is -0.460 e. The molecule has 0 radical (unpaired) electrons. The van der Waals surface area contributed by atoms with E-state index in [1.807, 2.05) is 20.8 Å². The number of rotatable bonds is 3. The minimum atomic E-state index is -0.485. The third-order valence-corrected chi connectivity index (χ3v) is 4.53. The van der Waals surface area contributed by atoms with Gasteiger partial charge >= 0.3 is 5.97 Å². The molecule has 0 bridgehead atoms. The summed E-state index contributed by atoms with van der Waals surface area (Å²) in [5.41, 5.74) is -0.234. The summed E-state index contributed by atoms with van der Waals surface area (Å²) in [6.07, 6.45) is 1.12. The van der Waals surface area contributed by atoms with Gasteiger partial charge in [0.05, 0.1) is 10.9 Å². The van der Waals surface area contributed by atoms with Crippen LogP contribution in [-0.4, -0.2) is 29.9 Å². The average Bonchev–Trinajstić information content (AvgIpc) is 2.52. The fourth-order valence-electron chi connectivity index (χ4n) is 2.72. The van der Waals surface area contributed by atoms with Crippen LogP contribution in [0.15, 0.2) is 18.2 Å². The number of benzene rings is 1. The van der Waals surface area contributed by atoms with Crippen molar-refractivity contribution in [3.05, 3.63) is 34.6 Å². The Morgan fingerprint density at radius 2 is 1.92 bits per heavy atom. The molecule has 1 saturated heterocycles. The van der Waals surface area contributed by atoms with E-state index in [-0.39, 0.29) is 35.0 Å². The van der Waals surface area contributed by atoms with Crippen molar-refractivity contribution >= 4 is 23.5 Å². The summed E-state index contributed by atoms with van der Waals surface area (Å²) in [5, 5.41) is 0.244. The highest BCUT2D eigenvalue weighted by atomic mass is 35.5. The number of carbonyl (C=O) groups excluding carboxylic acids is 2. The molecule has 1 amide bonds. The number of likely N-dealkylation sites (tertiary alicyclic amines) is 1. The molecule has 0 aliphatic carbocycles. The molecule has 132 valence electrons. The van der Waals surface area contributed by atoms with Crippen molar-refractivity contribution in [1.29, 1.82) is 0 Å². The number of hydrogen-bond acceptors (Lipinski definition) is 3. The monoisotopic (exact) mass is 355 g/mol. The molecular weight excluding hydrogens is 333 g/mol. The predicted molar refractivity (Wildman–Crippen MR) is 90.0 cm³/mol. The molecule has 24 heavy (non-hydrogen) atoms. The maximum atomic E-state index is 13.7. The molecule has 6 heteroatoms. The SMILES string of the molecule is CC(C)(C)C(=O)N1CCC(C(=O)OCc2c(F)cccc2Cl)CC1. The molecule has 0 aromatic heterocycles. The molecule has 0 saturated carbocycles. The summed E-state index contributed by atoms with van der Waals surface area (Å²) in [5.74, 6) is -1.02.